The molecule has 3 nitrogen and oxygen atoms in total. The van der Waals surface area contributed by atoms with Gasteiger partial charge < -0.3 is 4.42 Å². The number of pyridine rings is 2. The highest BCUT2D eigenvalue weighted by Gasteiger charge is 2.49. The minimum Gasteiger partial charge on any atom is -0.437 e. The van der Waals surface area contributed by atoms with Gasteiger partial charge in [0, 0.05) is 33.4 Å². The molecule has 0 aliphatic heterocycles. The van der Waals surface area contributed by atoms with Crippen LogP contribution < -0.4 is 4.57 Å². The van der Waals surface area contributed by atoms with Crippen LogP contribution in [0.15, 0.2) is 65.2 Å². The van der Waals surface area contributed by atoms with Crippen molar-refractivity contribution in [3.05, 3.63) is 83.2 Å². The van der Waals surface area contributed by atoms with Crippen LogP contribution >= 0.6 is 0 Å². The van der Waals surface area contributed by atoms with Gasteiger partial charge in [0.2, 0.25) is 11.4 Å². The molecule has 0 unspecified atom stereocenters. The van der Waals surface area contributed by atoms with Gasteiger partial charge in [0.15, 0.2) is 11.8 Å². The molecule has 0 saturated heterocycles. The second kappa shape index (κ2) is 8.52. The maximum atomic E-state index is 6.76. The molecule has 0 radical (unpaired) electrons. The van der Waals surface area contributed by atoms with Crippen LogP contribution in [-0.4, -0.2) is 4.98 Å². The Labute approximate surface area is 232 Å². The Bertz CT molecular complexity index is 1740. The Kier molecular flexibility index (Phi) is 5.63. The van der Waals surface area contributed by atoms with Gasteiger partial charge >= 0.3 is 0 Å². The van der Waals surface area contributed by atoms with Crippen molar-refractivity contribution in [2.24, 2.45) is 17.9 Å². The average molecular weight is 518 g/mol. The molecule has 3 heteroatoms. The molecule has 0 fully saturated rings. The molecule has 0 saturated carbocycles. The van der Waals surface area contributed by atoms with Gasteiger partial charge in [-0.1, -0.05) is 77.9 Å². The summed E-state index contributed by atoms with van der Waals surface area (Å²) in [6, 6.07) is 20.2. The van der Waals surface area contributed by atoms with E-state index in [0.717, 1.165) is 46.2 Å². The summed E-state index contributed by atoms with van der Waals surface area (Å²) in [7, 11) is 2.11. The van der Waals surface area contributed by atoms with Gasteiger partial charge in [-0.3, -0.25) is 0 Å². The van der Waals surface area contributed by atoms with Gasteiger partial charge in [-0.15, -0.1) is 0 Å². The third-order valence-electron chi connectivity index (χ3n) is 8.23. The van der Waals surface area contributed by atoms with E-state index in [1.165, 1.54) is 33.5 Å². The third kappa shape index (κ3) is 4.18. The highest BCUT2D eigenvalue weighted by atomic mass is 16.3. The lowest BCUT2D eigenvalue weighted by atomic mass is 9.63. The number of nitrogens with zero attached hydrogens (tertiary/aromatic N) is 2. The first-order valence-corrected chi connectivity index (χ1v) is 14.2. The smallest absolute Gasteiger partial charge is 0.227 e. The Morgan fingerprint density at radius 3 is 2.18 bits per heavy atom. The highest BCUT2D eigenvalue weighted by molar-refractivity contribution is 6.10. The van der Waals surface area contributed by atoms with Crippen molar-refractivity contribution in [3.63, 3.8) is 0 Å². The topological polar surface area (TPSA) is 29.9 Å². The molecule has 1 aliphatic carbocycles. The van der Waals surface area contributed by atoms with Crippen molar-refractivity contribution in [2.45, 2.75) is 73.6 Å². The highest BCUT2D eigenvalue weighted by Crippen LogP contribution is 2.58. The maximum absolute atomic E-state index is 6.76. The minimum absolute atomic E-state index is 0.134. The number of rotatable bonds is 3. The first-order chi connectivity index (χ1) is 18.3. The van der Waals surface area contributed by atoms with Gasteiger partial charge in [-0.25, -0.2) is 9.55 Å². The van der Waals surface area contributed by atoms with E-state index in [1.807, 2.05) is 0 Å². The number of aromatic nitrogens is 2. The van der Waals surface area contributed by atoms with Gasteiger partial charge in [0.05, 0.1) is 11.3 Å². The van der Waals surface area contributed by atoms with Crippen LogP contribution in [0.2, 0.25) is 0 Å². The minimum atomic E-state index is -0.169. The Hall–Kier alpha value is -3.46. The molecule has 3 heterocycles. The summed E-state index contributed by atoms with van der Waals surface area (Å²) in [5, 5.41) is 2.22. The zero-order valence-electron chi connectivity index (χ0n) is 25.0. The second-order valence-electron chi connectivity index (χ2n) is 14.3. The molecule has 5 aromatic rings. The molecule has 39 heavy (non-hydrogen) atoms. The Morgan fingerprint density at radius 1 is 0.821 bits per heavy atom. The van der Waals surface area contributed by atoms with Gasteiger partial charge in [-0.05, 0) is 66.3 Å². The summed E-state index contributed by atoms with van der Waals surface area (Å²) in [5.41, 5.74) is 11.7. The zero-order valence-corrected chi connectivity index (χ0v) is 25.0. The van der Waals surface area contributed by atoms with Crippen LogP contribution in [0.1, 0.15) is 76.8 Å². The molecule has 0 N–H and O–H groups in total. The molecule has 200 valence electrons. The molecule has 0 spiro atoms. The summed E-state index contributed by atoms with van der Waals surface area (Å²) in [6.45, 7) is 18.4. The van der Waals surface area contributed by atoms with E-state index in [2.05, 4.69) is 128 Å². The molecular formula is C36H41N2O+. The van der Waals surface area contributed by atoms with Crippen LogP contribution in [-0.2, 0) is 12.5 Å². The van der Waals surface area contributed by atoms with Crippen molar-refractivity contribution in [1.82, 2.24) is 4.98 Å². The summed E-state index contributed by atoms with van der Waals surface area (Å²) < 4.78 is 8.96. The maximum Gasteiger partial charge on any atom is 0.227 e. The molecule has 0 amide bonds. The van der Waals surface area contributed by atoms with Crippen molar-refractivity contribution < 1.29 is 8.98 Å². The van der Waals surface area contributed by atoms with Crippen LogP contribution in [0.25, 0.3) is 44.5 Å². The molecule has 0 bridgehead atoms. The van der Waals surface area contributed by atoms with Gasteiger partial charge in [-0.2, -0.15) is 0 Å². The van der Waals surface area contributed by atoms with E-state index in [4.69, 9.17) is 9.40 Å². The van der Waals surface area contributed by atoms with E-state index in [0.29, 0.717) is 0 Å². The summed E-state index contributed by atoms with van der Waals surface area (Å²) in [5.74, 6) is 0. The molecular weight excluding hydrogens is 476 g/mol. The predicted octanol–water partition coefficient (Wildman–Crippen LogP) is 9.23. The van der Waals surface area contributed by atoms with E-state index >= 15 is 0 Å². The monoisotopic (exact) mass is 517 g/mol. The van der Waals surface area contributed by atoms with Crippen LogP contribution in [0.5, 0.6) is 0 Å². The lowest BCUT2D eigenvalue weighted by Gasteiger charge is -2.41. The largest absolute Gasteiger partial charge is 0.437 e. The number of furan rings is 1. The van der Waals surface area contributed by atoms with Crippen molar-refractivity contribution in [1.29, 1.82) is 0 Å². The van der Waals surface area contributed by atoms with Crippen LogP contribution in [0.4, 0.5) is 0 Å². The molecule has 1 aliphatic rings. The standard InChI is InChI=1S/C36H41N2O/c1-22-14-17-29(38(9)19-22)30-23(2)15-16-25-27-18-26-24-12-10-11-13-28(24)36(20-34(3,4)5,21-35(6,7)8)32(26)37-33(27)39-31(25)30/h10-19H,20-21H2,1-9H3/q+1. The number of hydrogen-bond donors (Lipinski definition) is 0. The van der Waals surface area contributed by atoms with E-state index < -0.39 is 0 Å². The van der Waals surface area contributed by atoms with E-state index in [1.54, 1.807) is 0 Å². The zero-order chi connectivity index (χ0) is 27.9. The molecule has 0 atom stereocenters. The summed E-state index contributed by atoms with van der Waals surface area (Å²) >= 11 is 0. The van der Waals surface area contributed by atoms with Gasteiger partial charge in [0.1, 0.15) is 7.05 Å². The quantitative estimate of drug-likeness (QED) is 0.223. The average Bonchev–Trinajstić information content (AvgIpc) is 3.30. The first kappa shape index (κ1) is 25.8. The fourth-order valence-electron chi connectivity index (χ4n) is 7.25. The van der Waals surface area contributed by atoms with Crippen molar-refractivity contribution in [3.8, 4) is 22.4 Å². The fraction of sp³-hybridized carbons (Fsp3) is 0.389. The van der Waals surface area contributed by atoms with Crippen LogP contribution in [0, 0.1) is 24.7 Å². The summed E-state index contributed by atoms with van der Waals surface area (Å²) in [6.07, 6.45) is 4.24. The van der Waals surface area contributed by atoms with Gasteiger partial charge in [0.25, 0.3) is 0 Å². The second-order valence-corrected chi connectivity index (χ2v) is 14.3. The number of aryl methyl sites for hydroxylation is 3. The van der Waals surface area contributed by atoms with E-state index in [9.17, 15) is 0 Å². The summed E-state index contributed by atoms with van der Waals surface area (Å²) in [4.78, 5) is 5.46. The van der Waals surface area contributed by atoms with Crippen LogP contribution in [0.3, 0.4) is 0 Å². The third-order valence-corrected chi connectivity index (χ3v) is 8.23. The normalized spacial score (nSPS) is 14.7. The number of fused-ring (bicyclic) bond motifs is 6. The Morgan fingerprint density at radius 2 is 1.51 bits per heavy atom. The first-order valence-electron chi connectivity index (χ1n) is 14.2. The van der Waals surface area contributed by atoms with E-state index in [-0.39, 0.29) is 16.2 Å². The molecule has 6 rings (SSSR count). The lowest BCUT2D eigenvalue weighted by molar-refractivity contribution is -0.660. The predicted molar refractivity (Wildman–Crippen MR) is 162 cm³/mol. The molecule has 3 aromatic heterocycles. The van der Waals surface area contributed by atoms with Crippen molar-refractivity contribution >= 4 is 22.1 Å². The lowest BCUT2D eigenvalue weighted by Crippen LogP contribution is -2.35. The number of benzene rings is 2. The number of hydrogen-bond acceptors (Lipinski definition) is 2. The SMILES string of the molecule is Cc1ccc(-c2c(C)ccc3c2oc2nc4c(cc23)-c2ccccc2C4(CC(C)(C)C)CC(C)(C)C)[n+](C)c1. The van der Waals surface area contributed by atoms with Crippen molar-refractivity contribution in [2.75, 3.05) is 0 Å². The Balaban J connectivity index is 1.68. The fourth-order valence-corrected chi connectivity index (χ4v) is 7.25. The molecule has 2 aromatic carbocycles.